The van der Waals surface area contributed by atoms with E-state index in [0.29, 0.717) is 0 Å². The number of β-amino-alcohol motifs (C(OH)–C–C–N with tert-alkyl or cyclic N) is 1. The lowest BCUT2D eigenvalue weighted by Gasteiger charge is -2.30. The predicted molar refractivity (Wildman–Crippen MR) is 65.2 cm³/mol. The Morgan fingerprint density at radius 1 is 1.31 bits per heavy atom. The predicted octanol–water partition coefficient (Wildman–Crippen LogP) is 0.843. The number of aryl methyl sites for hydroxylation is 1. The highest BCUT2D eigenvalue weighted by Gasteiger charge is 2.15. The van der Waals surface area contributed by atoms with Gasteiger partial charge in [-0.2, -0.15) is 0 Å². The maximum atomic E-state index is 9.44. The van der Waals surface area contributed by atoms with Crippen LogP contribution in [0.4, 0.5) is 0 Å². The molecule has 16 heavy (non-hydrogen) atoms. The highest BCUT2D eigenvalue weighted by molar-refractivity contribution is 5.14. The lowest BCUT2D eigenvalue weighted by Crippen LogP contribution is -2.50. The van der Waals surface area contributed by atoms with Crippen molar-refractivity contribution in [2.24, 2.45) is 0 Å². The molecule has 1 unspecified atom stereocenters. The lowest BCUT2D eigenvalue weighted by atomic mass is 10.1. The van der Waals surface area contributed by atoms with Crippen LogP contribution in [0.25, 0.3) is 0 Å². The Morgan fingerprint density at radius 3 is 2.88 bits per heavy atom. The molecule has 1 heterocycles. The molecule has 3 nitrogen and oxygen atoms in total. The Morgan fingerprint density at radius 2 is 2.12 bits per heavy atom. The standard InChI is InChI=1S/C13H20N2O/c16-13-11-15(10-8-14-13)9-4-7-12-5-2-1-3-6-12/h1-3,5-6,13-14,16H,4,7-11H2. The molecule has 1 fully saturated rings. The van der Waals surface area contributed by atoms with E-state index in [1.54, 1.807) is 0 Å². The van der Waals surface area contributed by atoms with Gasteiger partial charge in [0.1, 0.15) is 6.23 Å². The van der Waals surface area contributed by atoms with Crippen LogP contribution in [-0.4, -0.2) is 42.4 Å². The minimum Gasteiger partial charge on any atom is -0.377 e. The maximum Gasteiger partial charge on any atom is 0.117 e. The zero-order valence-electron chi connectivity index (χ0n) is 9.60. The van der Waals surface area contributed by atoms with Crippen molar-refractivity contribution in [3.63, 3.8) is 0 Å². The van der Waals surface area contributed by atoms with Crippen LogP contribution < -0.4 is 5.32 Å². The van der Waals surface area contributed by atoms with Gasteiger partial charge < -0.3 is 5.11 Å². The first-order valence-corrected chi connectivity index (χ1v) is 6.02. The normalized spacial score (nSPS) is 22.2. The van der Waals surface area contributed by atoms with E-state index in [0.717, 1.165) is 39.0 Å². The molecule has 0 aliphatic carbocycles. The van der Waals surface area contributed by atoms with Crippen LogP contribution in [0.1, 0.15) is 12.0 Å². The van der Waals surface area contributed by atoms with Gasteiger partial charge in [0.05, 0.1) is 0 Å². The summed E-state index contributed by atoms with van der Waals surface area (Å²) in [6.07, 6.45) is 1.95. The topological polar surface area (TPSA) is 35.5 Å². The second-order valence-corrected chi connectivity index (χ2v) is 4.36. The molecule has 1 aliphatic heterocycles. The number of hydrogen-bond donors (Lipinski definition) is 2. The number of aliphatic hydroxyl groups is 1. The van der Waals surface area contributed by atoms with Crippen molar-refractivity contribution in [3.05, 3.63) is 35.9 Å². The molecule has 0 bridgehead atoms. The van der Waals surface area contributed by atoms with Crippen molar-refractivity contribution in [2.45, 2.75) is 19.1 Å². The van der Waals surface area contributed by atoms with E-state index in [-0.39, 0.29) is 6.23 Å². The first-order chi connectivity index (χ1) is 7.84. The molecular formula is C13H20N2O. The summed E-state index contributed by atoms with van der Waals surface area (Å²) in [5.74, 6) is 0. The number of rotatable bonds is 4. The molecule has 0 aromatic heterocycles. The Bertz CT molecular complexity index is 302. The first-order valence-electron chi connectivity index (χ1n) is 6.02. The van der Waals surface area contributed by atoms with Gasteiger partial charge in [-0.05, 0) is 24.9 Å². The van der Waals surface area contributed by atoms with Gasteiger partial charge in [0.25, 0.3) is 0 Å². The van der Waals surface area contributed by atoms with Gasteiger partial charge in [-0.25, -0.2) is 0 Å². The Labute approximate surface area is 97.1 Å². The smallest absolute Gasteiger partial charge is 0.117 e. The second-order valence-electron chi connectivity index (χ2n) is 4.36. The molecule has 0 radical (unpaired) electrons. The van der Waals surface area contributed by atoms with E-state index in [4.69, 9.17) is 0 Å². The van der Waals surface area contributed by atoms with Crippen molar-refractivity contribution >= 4 is 0 Å². The van der Waals surface area contributed by atoms with Crippen LogP contribution >= 0.6 is 0 Å². The van der Waals surface area contributed by atoms with Gasteiger partial charge in [0, 0.05) is 19.6 Å². The molecule has 3 heteroatoms. The Hall–Kier alpha value is -0.900. The average Bonchev–Trinajstić information content (AvgIpc) is 2.30. The third-order valence-corrected chi connectivity index (χ3v) is 3.02. The zero-order valence-corrected chi connectivity index (χ0v) is 9.60. The molecule has 1 atom stereocenters. The molecule has 88 valence electrons. The molecule has 2 rings (SSSR count). The van der Waals surface area contributed by atoms with Crippen molar-refractivity contribution in [2.75, 3.05) is 26.2 Å². The van der Waals surface area contributed by atoms with Gasteiger partial charge >= 0.3 is 0 Å². The van der Waals surface area contributed by atoms with E-state index < -0.39 is 0 Å². The molecule has 0 spiro atoms. The largest absolute Gasteiger partial charge is 0.377 e. The van der Waals surface area contributed by atoms with Crippen molar-refractivity contribution < 1.29 is 5.11 Å². The van der Waals surface area contributed by atoms with Crippen LogP contribution in [0, 0.1) is 0 Å². The van der Waals surface area contributed by atoms with Gasteiger partial charge in [0.2, 0.25) is 0 Å². The number of piperazine rings is 1. The highest BCUT2D eigenvalue weighted by Crippen LogP contribution is 2.04. The summed E-state index contributed by atoms with van der Waals surface area (Å²) in [6, 6.07) is 10.6. The fourth-order valence-corrected chi connectivity index (χ4v) is 2.14. The lowest BCUT2D eigenvalue weighted by molar-refractivity contribution is 0.0542. The molecule has 0 saturated carbocycles. The van der Waals surface area contributed by atoms with Gasteiger partial charge in [0.15, 0.2) is 0 Å². The van der Waals surface area contributed by atoms with Crippen LogP contribution in [0.2, 0.25) is 0 Å². The number of hydrogen-bond acceptors (Lipinski definition) is 3. The number of nitrogens with one attached hydrogen (secondary N) is 1. The second kappa shape index (κ2) is 5.99. The minimum absolute atomic E-state index is 0.342. The molecule has 1 aromatic carbocycles. The molecule has 1 aliphatic rings. The minimum atomic E-state index is -0.342. The van der Waals surface area contributed by atoms with Crippen molar-refractivity contribution in [3.8, 4) is 0 Å². The fraction of sp³-hybridized carbons (Fsp3) is 0.538. The summed E-state index contributed by atoms with van der Waals surface area (Å²) in [7, 11) is 0. The van der Waals surface area contributed by atoms with E-state index in [9.17, 15) is 5.11 Å². The van der Waals surface area contributed by atoms with Crippen LogP contribution in [-0.2, 0) is 6.42 Å². The van der Waals surface area contributed by atoms with E-state index >= 15 is 0 Å². The molecule has 1 saturated heterocycles. The van der Waals surface area contributed by atoms with Crippen molar-refractivity contribution in [1.82, 2.24) is 10.2 Å². The molecule has 0 amide bonds. The number of benzene rings is 1. The van der Waals surface area contributed by atoms with Gasteiger partial charge in [-0.15, -0.1) is 0 Å². The summed E-state index contributed by atoms with van der Waals surface area (Å²) in [5.41, 5.74) is 1.40. The highest BCUT2D eigenvalue weighted by atomic mass is 16.3. The van der Waals surface area contributed by atoms with Crippen molar-refractivity contribution in [1.29, 1.82) is 0 Å². The van der Waals surface area contributed by atoms with Crippen LogP contribution in [0.5, 0.6) is 0 Å². The third-order valence-electron chi connectivity index (χ3n) is 3.02. The molecule has 2 N–H and O–H groups in total. The summed E-state index contributed by atoms with van der Waals surface area (Å²) in [4.78, 5) is 2.32. The van der Waals surface area contributed by atoms with Crippen LogP contribution in [0.3, 0.4) is 0 Å². The van der Waals surface area contributed by atoms with Crippen LogP contribution in [0.15, 0.2) is 30.3 Å². The monoisotopic (exact) mass is 220 g/mol. The first kappa shape index (κ1) is 11.6. The SMILES string of the molecule is OC1CN(CCCc2ccccc2)CCN1. The summed E-state index contributed by atoms with van der Waals surface area (Å²) in [6.45, 7) is 3.78. The number of nitrogens with zero attached hydrogens (tertiary/aromatic N) is 1. The molecule has 1 aromatic rings. The Balaban J connectivity index is 1.68. The average molecular weight is 220 g/mol. The van der Waals surface area contributed by atoms with E-state index in [2.05, 4.69) is 40.5 Å². The van der Waals surface area contributed by atoms with Gasteiger partial charge in [-0.3, -0.25) is 10.2 Å². The summed E-state index contributed by atoms with van der Waals surface area (Å²) >= 11 is 0. The maximum absolute atomic E-state index is 9.44. The Kier molecular flexibility index (Phi) is 4.34. The van der Waals surface area contributed by atoms with E-state index in [1.807, 2.05) is 0 Å². The summed E-state index contributed by atoms with van der Waals surface area (Å²) < 4.78 is 0. The summed E-state index contributed by atoms with van der Waals surface area (Å²) in [5, 5.41) is 12.5. The van der Waals surface area contributed by atoms with E-state index in [1.165, 1.54) is 5.56 Å². The zero-order chi connectivity index (χ0) is 11.2. The molecular weight excluding hydrogens is 200 g/mol. The quantitative estimate of drug-likeness (QED) is 0.789. The number of aliphatic hydroxyl groups excluding tert-OH is 1. The fourth-order valence-electron chi connectivity index (χ4n) is 2.14. The third kappa shape index (κ3) is 3.59. The van der Waals surface area contributed by atoms with Gasteiger partial charge in [-0.1, -0.05) is 30.3 Å².